The van der Waals surface area contributed by atoms with E-state index < -0.39 is 0 Å². The fourth-order valence-electron chi connectivity index (χ4n) is 1.72. The molecule has 0 aromatic carbocycles. The van der Waals surface area contributed by atoms with Gasteiger partial charge in [-0.15, -0.1) is 0 Å². The van der Waals surface area contributed by atoms with Crippen LogP contribution in [0.4, 0.5) is 0 Å². The van der Waals surface area contributed by atoms with Gasteiger partial charge in [-0.3, -0.25) is 0 Å². The highest BCUT2D eigenvalue weighted by Gasteiger charge is 2.14. The van der Waals surface area contributed by atoms with Crippen LogP contribution < -0.4 is 11.1 Å². The van der Waals surface area contributed by atoms with Crippen LogP contribution in [0.5, 0.6) is 0 Å². The summed E-state index contributed by atoms with van der Waals surface area (Å²) in [5, 5.41) is 2.98. The molecular formula is C9H18N2. The van der Waals surface area contributed by atoms with Crippen LogP contribution in [-0.4, -0.2) is 7.05 Å². The van der Waals surface area contributed by atoms with E-state index in [9.17, 15) is 0 Å². The fraction of sp³-hybridized carbons (Fsp3) is 0.778. The Morgan fingerprint density at radius 3 is 2.55 bits per heavy atom. The van der Waals surface area contributed by atoms with Crippen molar-refractivity contribution in [1.29, 1.82) is 0 Å². The predicted molar refractivity (Wildman–Crippen MR) is 47.9 cm³/mol. The van der Waals surface area contributed by atoms with Crippen LogP contribution in [0.2, 0.25) is 0 Å². The average Bonchev–Trinajstić information content (AvgIpc) is 2.07. The largest absolute Gasteiger partial charge is 0.401 e. The van der Waals surface area contributed by atoms with E-state index in [1.54, 1.807) is 0 Å². The molecule has 0 atom stereocenters. The highest BCUT2D eigenvalue weighted by atomic mass is 14.8. The fourth-order valence-corrected chi connectivity index (χ4v) is 1.72. The first-order valence-electron chi connectivity index (χ1n) is 4.47. The molecule has 1 saturated carbocycles. The van der Waals surface area contributed by atoms with E-state index in [1.165, 1.54) is 32.1 Å². The van der Waals surface area contributed by atoms with E-state index in [-0.39, 0.29) is 0 Å². The molecule has 11 heavy (non-hydrogen) atoms. The minimum absolute atomic E-state index is 0.649. The predicted octanol–water partition coefficient (Wildman–Crippen LogP) is 1.59. The Balaban J connectivity index is 2.38. The molecule has 2 heteroatoms. The monoisotopic (exact) mass is 154 g/mol. The summed E-state index contributed by atoms with van der Waals surface area (Å²) in [6.07, 6.45) is 8.58. The Kier molecular flexibility index (Phi) is 3.27. The second-order valence-corrected chi connectivity index (χ2v) is 3.27. The number of nitrogens with one attached hydrogen (secondary N) is 1. The Labute approximate surface area is 68.9 Å². The standard InChI is InChI=1S/C9H18N2/c1-11-7-9(10)8-5-3-2-4-6-8/h7-8,11H,2-6,10H2,1H3/b9-7-. The van der Waals surface area contributed by atoms with Crippen molar-refractivity contribution in [2.45, 2.75) is 32.1 Å². The number of nitrogens with two attached hydrogens (primary N) is 1. The van der Waals surface area contributed by atoms with Crippen molar-refractivity contribution in [3.05, 3.63) is 11.9 Å². The molecule has 0 bridgehead atoms. The van der Waals surface area contributed by atoms with Crippen molar-refractivity contribution in [2.75, 3.05) is 7.05 Å². The summed E-state index contributed by atoms with van der Waals surface area (Å²) in [7, 11) is 1.90. The summed E-state index contributed by atoms with van der Waals surface area (Å²) in [5.41, 5.74) is 6.89. The minimum Gasteiger partial charge on any atom is -0.401 e. The molecule has 0 radical (unpaired) electrons. The van der Waals surface area contributed by atoms with Crippen LogP contribution in [-0.2, 0) is 0 Å². The molecule has 0 amide bonds. The van der Waals surface area contributed by atoms with Gasteiger partial charge in [0.15, 0.2) is 0 Å². The van der Waals surface area contributed by atoms with Gasteiger partial charge in [-0.05, 0) is 18.8 Å². The molecule has 0 unspecified atom stereocenters. The van der Waals surface area contributed by atoms with Crippen LogP contribution in [0, 0.1) is 5.92 Å². The lowest BCUT2D eigenvalue weighted by atomic mass is 9.87. The molecule has 2 nitrogen and oxygen atoms in total. The number of hydrogen-bond donors (Lipinski definition) is 2. The molecule has 64 valence electrons. The Hall–Kier alpha value is -0.660. The SMILES string of the molecule is CN/C=C(\N)C1CCCCC1. The zero-order valence-corrected chi connectivity index (χ0v) is 7.27. The summed E-state index contributed by atoms with van der Waals surface area (Å²) in [6.45, 7) is 0. The zero-order valence-electron chi connectivity index (χ0n) is 7.27. The highest BCUT2D eigenvalue weighted by Crippen LogP contribution is 2.26. The molecule has 0 aromatic heterocycles. The molecule has 0 spiro atoms. The van der Waals surface area contributed by atoms with Gasteiger partial charge in [0.25, 0.3) is 0 Å². The van der Waals surface area contributed by atoms with Gasteiger partial charge < -0.3 is 11.1 Å². The topological polar surface area (TPSA) is 38.0 Å². The molecule has 0 aliphatic heterocycles. The third kappa shape index (κ3) is 2.45. The maximum atomic E-state index is 5.86. The number of allylic oxidation sites excluding steroid dienone is 1. The number of rotatable bonds is 2. The third-order valence-electron chi connectivity index (χ3n) is 2.39. The Morgan fingerprint density at radius 1 is 1.36 bits per heavy atom. The Bertz CT molecular complexity index is 134. The average molecular weight is 154 g/mol. The quantitative estimate of drug-likeness (QED) is 0.634. The Morgan fingerprint density at radius 2 is 2.00 bits per heavy atom. The molecular weight excluding hydrogens is 136 g/mol. The molecule has 1 aliphatic carbocycles. The third-order valence-corrected chi connectivity index (χ3v) is 2.39. The van der Waals surface area contributed by atoms with E-state index in [2.05, 4.69) is 5.32 Å². The summed E-state index contributed by atoms with van der Waals surface area (Å²) >= 11 is 0. The van der Waals surface area contributed by atoms with Gasteiger partial charge in [0, 0.05) is 18.9 Å². The normalized spacial score (nSPS) is 21.7. The lowest BCUT2D eigenvalue weighted by Crippen LogP contribution is -2.17. The lowest BCUT2D eigenvalue weighted by molar-refractivity contribution is 0.399. The molecule has 1 rings (SSSR count). The van der Waals surface area contributed by atoms with Crippen LogP contribution in [0.15, 0.2) is 11.9 Å². The summed E-state index contributed by atoms with van der Waals surface area (Å²) in [5.74, 6) is 0.649. The van der Waals surface area contributed by atoms with Gasteiger partial charge in [0.05, 0.1) is 0 Å². The molecule has 0 aromatic rings. The summed E-state index contributed by atoms with van der Waals surface area (Å²) in [6, 6.07) is 0. The molecule has 1 fully saturated rings. The molecule has 0 heterocycles. The van der Waals surface area contributed by atoms with E-state index in [4.69, 9.17) is 5.73 Å². The van der Waals surface area contributed by atoms with Crippen molar-refractivity contribution in [2.24, 2.45) is 11.7 Å². The first-order chi connectivity index (χ1) is 5.34. The van der Waals surface area contributed by atoms with Crippen molar-refractivity contribution in [3.63, 3.8) is 0 Å². The first-order valence-corrected chi connectivity index (χ1v) is 4.47. The van der Waals surface area contributed by atoms with Crippen molar-refractivity contribution >= 4 is 0 Å². The van der Waals surface area contributed by atoms with Gasteiger partial charge >= 0.3 is 0 Å². The lowest BCUT2D eigenvalue weighted by Gasteiger charge is -2.21. The van der Waals surface area contributed by atoms with Gasteiger partial charge in [0.1, 0.15) is 0 Å². The van der Waals surface area contributed by atoms with E-state index in [1.807, 2.05) is 13.2 Å². The highest BCUT2D eigenvalue weighted by molar-refractivity contribution is 5.01. The van der Waals surface area contributed by atoms with E-state index in [0.717, 1.165) is 5.70 Å². The minimum atomic E-state index is 0.649. The maximum Gasteiger partial charge on any atom is 0.0271 e. The molecule has 3 N–H and O–H groups in total. The summed E-state index contributed by atoms with van der Waals surface area (Å²) < 4.78 is 0. The van der Waals surface area contributed by atoms with Crippen LogP contribution >= 0.6 is 0 Å². The van der Waals surface area contributed by atoms with E-state index >= 15 is 0 Å². The maximum absolute atomic E-state index is 5.86. The van der Waals surface area contributed by atoms with Crippen molar-refractivity contribution < 1.29 is 0 Å². The zero-order chi connectivity index (χ0) is 8.10. The van der Waals surface area contributed by atoms with Gasteiger partial charge in [-0.25, -0.2) is 0 Å². The van der Waals surface area contributed by atoms with Gasteiger partial charge in [0.2, 0.25) is 0 Å². The second kappa shape index (κ2) is 4.27. The smallest absolute Gasteiger partial charge is 0.0271 e. The van der Waals surface area contributed by atoms with Crippen LogP contribution in [0.1, 0.15) is 32.1 Å². The molecule has 1 aliphatic rings. The first kappa shape index (κ1) is 8.44. The number of hydrogen-bond acceptors (Lipinski definition) is 2. The van der Waals surface area contributed by atoms with Gasteiger partial charge in [-0.1, -0.05) is 19.3 Å². The van der Waals surface area contributed by atoms with Crippen LogP contribution in [0.25, 0.3) is 0 Å². The van der Waals surface area contributed by atoms with E-state index in [0.29, 0.717) is 5.92 Å². The van der Waals surface area contributed by atoms with Gasteiger partial charge in [-0.2, -0.15) is 0 Å². The van der Waals surface area contributed by atoms with Crippen molar-refractivity contribution in [3.8, 4) is 0 Å². The summed E-state index contributed by atoms with van der Waals surface area (Å²) in [4.78, 5) is 0. The second-order valence-electron chi connectivity index (χ2n) is 3.27. The molecule has 0 saturated heterocycles. The van der Waals surface area contributed by atoms with Crippen molar-refractivity contribution in [1.82, 2.24) is 5.32 Å². The van der Waals surface area contributed by atoms with Crippen LogP contribution in [0.3, 0.4) is 0 Å².